The van der Waals surface area contributed by atoms with Crippen molar-refractivity contribution in [3.8, 4) is 0 Å². The second-order valence-corrected chi connectivity index (χ2v) is 8.87. The van der Waals surface area contributed by atoms with E-state index in [1.807, 2.05) is 42.7 Å². The minimum absolute atomic E-state index is 0.0888. The Hall–Kier alpha value is -3.39. The van der Waals surface area contributed by atoms with Gasteiger partial charge in [-0.25, -0.2) is 14.2 Å². The van der Waals surface area contributed by atoms with Gasteiger partial charge in [-0.2, -0.15) is 0 Å². The number of hydrogen-bond acceptors (Lipinski definition) is 6. The Morgan fingerprint density at radius 1 is 1.15 bits per heavy atom. The molecule has 0 radical (unpaired) electrons. The average Bonchev–Trinajstić information content (AvgIpc) is 3.25. The minimum Gasteiger partial charge on any atom is -0.466 e. The predicted octanol–water partition coefficient (Wildman–Crippen LogP) is 5.01. The molecule has 0 bridgehead atoms. The largest absolute Gasteiger partial charge is 0.466 e. The number of fused-ring (bicyclic) bond motifs is 1. The van der Waals surface area contributed by atoms with Crippen LogP contribution in [0.2, 0.25) is 0 Å². The van der Waals surface area contributed by atoms with E-state index >= 15 is 4.39 Å². The lowest BCUT2D eigenvalue weighted by molar-refractivity contribution is -0.136. The summed E-state index contributed by atoms with van der Waals surface area (Å²) in [6.07, 6.45) is 0.581. The number of aliphatic imine (C=N–C) groups is 1. The fourth-order valence-corrected chi connectivity index (χ4v) is 5.08. The maximum atomic E-state index is 15.0. The van der Waals surface area contributed by atoms with E-state index in [1.54, 1.807) is 35.0 Å². The standard InChI is InChI=1S/C26H26FN3O3S/c1-4-21-23(25(32)33-3)24(19-12-8-9-13-20(19)27)30-18(16-34-26(30)28-21)14-22(31)29(2)15-17-10-6-5-7-11-17/h5-13,16,24H,4,14-15H2,1-3H3/t24-/m0/s1. The Kier molecular flexibility index (Phi) is 7.17. The highest BCUT2D eigenvalue weighted by atomic mass is 32.2. The smallest absolute Gasteiger partial charge is 0.338 e. The quantitative estimate of drug-likeness (QED) is 0.523. The van der Waals surface area contributed by atoms with Gasteiger partial charge in [0.25, 0.3) is 0 Å². The summed E-state index contributed by atoms with van der Waals surface area (Å²) >= 11 is 1.37. The third-order valence-electron chi connectivity index (χ3n) is 5.85. The maximum Gasteiger partial charge on any atom is 0.338 e. The zero-order chi connectivity index (χ0) is 24.2. The molecule has 34 heavy (non-hydrogen) atoms. The molecule has 0 saturated carbocycles. The third kappa shape index (κ3) is 4.63. The van der Waals surface area contributed by atoms with E-state index in [9.17, 15) is 9.59 Å². The molecule has 0 aliphatic carbocycles. The van der Waals surface area contributed by atoms with Crippen LogP contribution in [0.3, 0.4) is 0 Å². The first-order chi connectivity index (χ1) is 16.4. The summed E-state index contributed by atoms with van der Waals surface area (Å²) in [7, 11) is 3.06. The van der Waals surface area contributed by atoms with Crippen LogP contribution in [-0.2, 0) is 20.9 Å². The Labute approximate surface area is 202 Å². The molecule has 2 aliphatic rings. The molecule has 1 amide bonds. The molecule has 176 valence electrons. The minimum atomic E-state index is -0.774. The van der Waals surface area contributed by atoms with Gasteiger partial charge in [-0.15, -0.1) is 0 Å². The molecule has 0 saturated heterocycles. The van der Waals surface area contributed by atoms with E-state index in [4.69, 9.17) is 4.74 Å². The van der Waals surface area contributed by atoms with Crippen molar-refractivity contribution in [1.82, 2.24) is 9.80 Å². The van der Waals surface area contributed by atoms with Crippen molar-refractivity contribution in [1.29, 1.82) is 0 Å². The number of hydrogen-bond donors (Lipinski definition) is 0. The van der Waals surface area contributed by atoms with Gasteiger partial charge >= 0.3 is 5.97 Å². The van der Waals surface area contributed by atoms with Crippen molar-refractivity contribution in [3.63, 3.8) is 0 Å². The van der Waals surface area contributed by atoms with Crippen LogP contribution in [-0.4, -0.2) is 41.0 Å². The van der Waals surface area contributed by atoms with E-state index in [2.05, 4.69) is 4.99 Å². The molecule has 0 N–H and O–H groups in total. The van der Waals surface area contributed by atoms with E-state index in [1.165, 1.54) is 24.9 Å². The molecule has 2 heterocycles. The molecular formula is C26H26FN3O3S. The lowest BCUT2D eigenvalue weighted by Gasteiger charge is -2.37. The first-order valence-corrected chi connectivity index (χ1v) is 11.9. The van der Waals surface area contributed by atoms with Gasteiger partial charge in [0.1, 0.15) is 5.82 Å². The number of amides is 1. The van der Waals surface area contributed by atoms with E-state index in [0.717, 1.165) is 5.56 Å². The highest BCUT2D eigenvalue weighted by Gasteiger charge is 2.42. The Morgan fingerprint density at radius 3 is 2.53 bits per heavy atom. The fraction of sp³-hybridized carbons (Fsp3) is 0.269. The first kappa shape index (κ1) is 23.8. The van der Waals surface area contributed by atoms with Crippen molar-refractivity contribution >= 4 is 28.8 Å². The summed E-state index contributed by atoms with van der Waals surface area (Å²) in [5, 5.41) is 2.47. The van der Waals surface area contributed by atoms with Crippen LogP contribution in [0.25, 0.3) is 0 Å². The van der Waals surface area contributed by atoms with Crippen LogP contribution in [0, 0.1) is 5.82 Å². The van der Waals surface area contributed by atoms with Crippen molar-refractivity contribution in [2.24, 2.45) is 4.99 Å². The Morgan fingerprint density at radius 2 is 1.85 bits per heavy atom. The molecule has 8 heteroatoms. The van der Waals surface area contributed by atoms with Crippen molar-refractivity contribution < 1.29 is 18.7 Å². The van der Waals surface area contributed by atoms with Crippen LogP contribution in [0.15, 0.2) is 82.0 Å². The first-order valence-electron chi connectivity index (χ1n) is 11.0. The van der Waals surface area contributed by atoms with Gasteiger partial charge in [0, 0.05) is 24.9 Å². The molecule has 0 unspecified atom stereocenters. The van der Waals surface area contributed by atoms with Crippen molar-refractivity contribution in [2.75, 3.05) is 14.2 Å². The van der Waals surface area contributed by atoms with Gasteiger partial charge in [0.05, 0.1) is 30.8 Å². The Bertz CT molecular complexity index is 1190. The van der Waals surface area contributed by atoms with Crippen molar-refractivity contribution in [2.45, 2.75) is 32.4 Å². The maximum absolute atomic E-state index is 15.0. The second-order valence-electron chi connectivity index (χ2n) is 8.03. The number of carbonyl (C=O) groups excluding carboxylic acids is 2. The number of benzene rings is 2. The van der Waals surface area contributed by atoms with Gasteiger partial charge in [-0.3, -0.25) is 4.79 Å². The summed E-state index contributed by atoms with van der Waals surface area (Å²) in [4.78, 5) is 34.1. The second kappa shape index (κ2) is 10.3. The number of allylic oxidation sites excluding steroid dienone is 1. The van der Waals surface area contributed by atoms with Crippen LogP contribution in [0.1, 0.15) is 36.9 Å². The summed E-state index contributed by atoms with van der Waals surface area (Å²) in [5.41, 5.74) is 2.87. The van der Waals surface area contributed by atoms with E-state index in [0.29, 0.717) is 35.1 Å². The molecule has 1 atom stereocenters. The number of methoxy groups -OCH3 is 1. The van der Waals surface area contributed by atoms with E-state index in [-0.39, 0.29) is 17.9 Å². The number of carbonyl (C=O) groups is 2. The number of esters is 1. The topological polar surface area (TPSA) is 62.2 Å². The zero-order valence-electron chi connectivity index (χ0n) is 19.3. The molecule has 2 aliphatic heterocycles. The van der Waals surface area contributed by atoms with Crippen LogP contribution in [0.4, 0.5) is 4.39 Å². The summed E-state index contributed by atoms with van der Waals surface area (Å²) in [6, 6.07) is 15.3. The fourth-order valence-electron chi connectivity index (χ4n) is 4.14. The SMILES string of the molecule is CCC1=C(C(=O)OC)[C@H](c2ccccc2F)N2C(CC(=O)N(C)Cc3ccccc3)=CSC2=N1. The predicted molar refractivity (Wildman–Crippen MR) is 131 cm³/mol. The highest BCUT2D eigenvalue weighted by molar-refractivity contribution is 8.16. The number of thioether (sulfide) groups is 1. The lowest BCUT2D eigenvalue weighted by atomic mass is 9.92. The zero-order valence-corrected chi connectivity index (χ0v) is 20.1. The molecule has 2 aromatic rings. The molecule has 0 aromatic heterocycles. The molecule has 6 nitrogen and oxygen atoms in total. The van der Waals surface area contributed by atoms with Gasteiger partial charge < -0.3 is 14.5 Å². The lowest BCUT2D eigenvalue weighted by Crippen LogP contribution is -2.38. The number of rotatable bonds is 7. The number of nitrogens with zero attached hydrogens (tertiary/aromatic N) is 3. The van der Waals surface area contributed by atoms with Crippen molar-refractivity contribution in [3.05, 3.63) is 93.9 Å². The van der Waals surface area contributed by atoms with Crippen LogP contribution >= 0.6 is 11.8 Å². The average molecular weight is 480 g/mol. The van der Waals surface area contributed by atoms with Gasteiger partial charge in [0.15, 0.2) is 5.17 Å². The third-order valence-corrected chi connectivity index (χ3v) is 6.74. The summed E-state index contributed by atoms with van der Waals surface area (Å²) in [6.45, 7) is 2.37. The molecule has 0 spiro atoms. The molecule has 2 aromatic carbocycles. The number of halogens is 1. The molecular weight excluding hydrogens is 453 g/mol. The van der Waals surface area contributed by atoms with Gasteiger partial charge in [-0.05, 0) is 23.5 Å². The van der Waals surface area contributed by atoms with E-state index < -0.39 is 17.8 Å². The normalized spacial score (nSPS) is 17.2. The number of amidine groups is 1. The molecule has 4 rings (SSSR count). The van der Waals surface area contributed by atoms with Crippen LogP contribution < -0.4 is 0 Å². The molecule has 0 fully saturated rings. The van der Waals surface area contributed by atoms with Crippen LogP contribution in [0.5, 0.6) is 0 Å². The summed E-state index contributed by atoms with van der Waals surface area (Å²) < 4.78 is 20.1. The van der Waals surface area contributed by atoms with Gasteiger partial charge in [-0.1, -0.05) is 67.2 Å². The summed E-state index contributed by atoms with van der Waals surface area (Å²) in [5.74, 6) is -1.08. The number of ether oxygens (including phenoxy) is 1. The monoisotopic (exact) mass is 479 g/mol. The highest BCUT2D eigenvalue weighted by Crippen LogP contribution is 2.46. The van der Waals surface area contributed by atoms with Gasteiger partial charge in [0.2, 0.25) is 5.91 Å². The Balaban J connectivity index is 1.67.